The fourth-order valence-corrected chi connectivity index (χ4v) is 3.07. The van der Waals surface area contributed by atoms with Crippen molar-refractivity contribution in [3.63, 3.8) is 0 Å². The second-order valence-electron chi connectivity index (χ2n) is 5.85. The summed E-state index contributed by atoms with van der Waals surface area (Å²) in [6, 6.07) is -0.0687. The maximum Gasteiger partial charge on any atom is 0.572 e. The summed E-state index contributed by atoms with van der Waals surface area (Å²) in [5.74, 6) is 0.0146. The summed E-state index contributed by atoms with van der Waals surface area (Å²) < 4.78 is 46.6. The van der Waals surface area contributed by atoms with Crippen LogP contribution in [0.15, 0.2) is 23.7 Å². The Morgan fingerprint density at radius 2 is 2.14 bits per heavy atom. The molecule has 3 rings (SSSR count). The molecule has 1 atom stereocenters. The number of hydrogen-bond donors (Lipinski definition) is 1. The molecular formula is C14H19F3N2O2. The van der Waals surface area contributed by atoms with Crippen LogP contribution in [0.3, 0.4) is 0 Å². The molecule has 0 radical (unpaired) electrons. The summed E-state index contributed by atoms with van der Waals surface area (Å²) in [5, 5.41) is 3.49. The fourth-order valence-electron chi connectivity index (χ4n) is 3.07. The molecular weight excluding hydrogens is 285 g/mol. The van der Waals surface area contributed by atoms with Gasteiger partial charge in [0.15, 0.2) is 5.76 Å². The van der Waals surface area contributed by atoms with Gasteiger partial charge in [0.2, 0.25) is 0 Å². The van der Waals surface area contributed by atoms with Crippen molar-refractivity contribution in [2.45, 2.75) is 37.2 Å². The molecule has 1 spiro atoms. The average molecular weight is 304 g/mol. The third-order valence-corrected chi connectivity index (χ3v) is 4.33. The normalized spacial score (nSPS) is 28.9. The number of piperazine rings is 1. The summed E-state index contributed by atoms with van der Waals surface area (Å²) in [7, 11) is 1.35. The van der Waals surface area contributed by atoms with Gasteiger partial charge in [-0.2, -0.15) is 0 Å². The van der Waals surface area contributed by atoms with Gasteiger partial charge < -0.3 is 14.8 Å². The zero-order valence-corrected chi connectivity index (χ0v) is 11.9. The molecule has 0 aromatic rings. The van der Waals surface area contributed by atoms with E-state index in [9.17, 15) is 13.2 Å². The minimum Gasteiger partial charge on any atom is -0.493 e. The molecule has 2 aliphatic carbocycles. The van der Waals surface area contributed by atoms with Crippen molar-refractivity contribution in [1.29, 1.82) is 0 Å². The van der Waals surface area contributed by atoms with Crippen molar-refractivity contribution in [3.05, 3.63) is 23.7 Å². The summed E-state index contributed by atoms with van der Waals surface area (Å²) >= 11 is 0. The van der Waals surface area contributed by atoms with Crippen molar-refractivity contribution < 1.29 is 22.6 Å². The van der Waals surface area contributed by atoms with E-state index in [1.54, 1.807) is 6.08 Å². The molecule has 1 saturated heterocycles. The SMILES string of the molecule is COC1=C(OC(F)(F)F)CC(N2CCNC3(CC3)C2)C=C1. The van der Waals surface area contributed by atoms with Crippen LogP contribution >= 0.6 is 0 Å². The van der Waals surface area contributed by atoms with E-state index in [4.69, 9.17) is 4.74 Å². The van der Waals surface area contributed by atoms with Crippen LogP contribution < -0.4 is 5.32 Å². The molecule has 1 N–H and O–H groups in total. The minimum atomic E-state index is -4.68. The molecule has 0 bridgehead atoms. The Labute approximate surface area is 121 Å². The Bertz CT molecular complexity index is 469. The van der Waals surface area contributed by atoms with Gasteiger partial charge in [0.05, 0.1) is 7.11 Å². The number of hydrogen-bond acceptors (Lipinski definition) is 4. The number of halogens is 3. The second-order valence-corrected chi connectivity index (χ2v) is 5.85. The molecule has 118 valence electrons. The lowest BCUT2D eigenvalue weighted by atomic mass is 10.0. The lowest BCUT2D eigenvalue weighted by Crippen LogP contribution is -2.55. The van der Waals surface area contributed by atoms with Crippen LogP contribution in [-0.4, -0.2) is 49.6 Å². The monoisotopic (exact) mass is 304 g/mol. The fraction of sp³-hybridized carbons (Fsp3) is 0.714. The molecule has 1 saturated carbocycles. The molecule has 4 nitrogen and oxygen atoms in total. The molecule has 0 aromatic heterocycles. The van der Waals surface area contributed by atoms with E-state index in [-0.39, 0.29) is 29.5 Å². The number of nitrogens with one attached hydrogen (secondary N) is 1. The van der Waals surface area contributed by atoms with E-state index in [0.717, 1.165) is 32.5 Å². The van der Waals surface area contributed by atoms with Gasteiger partial charge in [0.25, 0.3) is 0 Å². The van der Waals surface area contributed by atoms with Crippen molar-refractivity contribution in [3.8, 4) is 0 Å². The minimum absolute atomic E-state index is 0.0687. The Morgan fingerprint density at radius 1 is 1.38 bits per heavy atom. The van der Waals surface area contributed by atoms with Gasteiger partial charge >= 0.3 is 6.36 Å². The Balaban J connectivity index is 1.69. The predicted molar refractivity (Wildman–Crippen MR) is 70.3 cm³/mol. The van der Waals surface area contributed by atoms with Crippen LogP contribution in [0.1, 0.15) is 19.3 Å². The van der Waals surface area contributed by atoms with E-state index >= 15 is 0 Å². The first-order valence-corrected chi connectivity index (χ1v) is 7.11. The Morgan fingerprint density at radius 3 is 2.76 bits per heavy atom. The van der Waals surface area contributed by atoms with Crippen LogP contribution in [0.4, 0.5) is 13.2 Å². The molecule has 0 aromatic carbocycles. The lowest BCUT2D eigenvalue weighted by molar-refractivity contribution is -0.308. The number of allylic oxidation sites excluding steroid dienone is 1. The number of methoxy groups -OCH3 is 1. The van der Waals surface area contributed by atoms with E-state index in [1.165, 1.54) is 7.11 Å². The zero-order valence-electron chi connectivity index (χ0n) is 11.9. The smallest absolute Gasteiger partial charge is 0.493 e. The van der Waals surface area contributed by atoms with Crippen molar-refractivity contribution >= 4 is 0 Å². The number of nitrogens with zero attached hydrogens (tertiary/aromatic N) is 1. The molecule has 1 heterocycles. The standard InChI is InChI=1S/C14H19F3N2O2/c1-20-11-3-2-10(8-12(11)21-14(15,16)17)19-7-6-18-13(9-19)4-5-13/h2-3,10,18H,4-9H2,1H3. The average Bonchev–Trinajstić information content (AvgIpc) is 3.16. The first-order valence-electron chi connectivity index (χ1n) is 7.11. The molecule has 1 unspecified atom stereocenters. The number of rotatable bonds is 3. The highest BCUT2D eigenvalue weighted by Crippen LogP contribution is 2.39. The van der Waals surface area contributed by atoms with E-state index < -0.39 is 6.36 Å². The van der Waals surface area contributed by atoms with Crippen LogP contribution in [0, 0.1) is 0 Å². The summed E-state index contributed by atoms with van der Waals surface area (Å²) in [6.45, 7) is 2.59. The Hall–Kier alpha value is -1.21. The lowest BCUT2D eigenvalue weighted by Gasteiger charge is -2.39. The first kappa shape index (κ1) is 14.7. The van der Waals surface area contributed by atoms with Crippen LogP contribution in [-0.2, 0) is 9.47 Å². The second kappa shape index (κ2) is 5.21. The molecule has 0 amide bonds. The number of alkyl halides is 3. The maximum atomic E-state index is 12.5. The summed E-state index contributed by atoms with van der Waals surface area (Å²) in [5.41, 5.74) is 0.197. The quantitative estimate of drug-likeness (QED) is 0.866. The van der Waals surface area contributed by atoms with Crippen LogP contribution in [0.5, 0.6) is 0 Å². The molecule has 7 heteroatoms. The van der Waals surface area contributed by atoms with Crippen molar-refractivity contribution in [2.75, 3.05) is 26.7 Å². The van der Waals surface area contributed by atoms with Crippen molar-refractivity contribution in [2.24, 2.45) is 0 Å². The highest BCUT2D eigenvalue weighted by Gasteiger charge is 2.47. The molecule has 2 fully saturated rings. The molecule has 1 aliphatic heterocycles. The van der Waals surface area contributed by atoms with Gasteiger partial charge in [-0.05, 0) is 18.9 Å². The van der Waals surface area contributed by atoms with Crippen LogP contribution in [0.2, 0.25) is 0 Å². The van der Waals surface area contributed by atoms with Gasteiger partial charge in [-0.15, -0.1) is 13.2 Å². The van der Waals surface area contributed by atoms with Crippen molar-refractivity contribution in [1.82, 2.24) is 10.2 Å². The first-order chi connectivity index (χ1) is 9.91. The third-order valence-electron chi connectivity index (χ3n) is 4.33. The highest BCUT2D eigenvalue weighted by molar-refractivity contribution is 5.25. The van der Waals surface area contributed by atoms with Gasteiger partial charge in [-0.3, -0.25) is 4.90 Å². The third kappa shape index (κ3) is 3.35. The van der Waals surface area contributed by atoms with Crippen LogP contribution in [0.25, 0.3) is 0 Å². The topological polar surface area (TPSA) is 33.7 Å². The van der Waals surface area contributed by atoms with E-state index in [2.05, 4.69) is 15.0 Å². The summed E-state index contributed by atoms with van der Waals surface area (Å²) in [6.07, 6.45) is 1.28. The van der Waals surface area contributed by atoms with E-state index in [0.29, 0.717) is 0 Å². The van der Waals surface area contributed by atoms with Gasteiger partial charge in [-0.25, -0.2) is 0 Å². The van der Waals surface area contributed by atoms with Gasteiger partial charge in [0, 0.05) is 37.6 Å². The Kier molecular flexibility index (Phi) is 3.65. The molecule has 21 heavy (non-hydrogen) atoms. The highest BCUT2D eigenvalue weighted by atomic mass is 19.4. The summed E-state index contributed by atoms with van der Waals surface area (Å²) in [4.78, 5) is 2.23. The van der Waals surface area contributed by atoms with E-state index in [1.807, 2.05) is 6.08 Å². The van der Waals surface area contributed by atoms with Gasteiger partial charge in [-0.1, -0.05) is 6.08 Å². The number of ether oxygens (including phenoxy) is 2. The predicted octanol–water partition coefficient (Wildman–Crippen LogP) is 2.15. The largest absolute Gasteiger partial charge is 0.572 e. The maximum absolute atomic E-state index is 12.5. The molecule has 3 aliphatic rings. The van der Waals surface area contributed by atoms with Gasteiger partial charge in [0.1, 0.15) is 5.76 Å². The zero-order chi connectivity index (χ0) is 15.1.